The summed E-state index contributed by atoms with van der Waals surface area (Å²) in [5.41, 5.74) is 2.04. The summed E-state index contributed by atoms with van der Waals surface area (Å²) in [6, 6.07) is 11.1. The van der Waals surface area contributed by atoms with Gasteiger partial charge in [0.15, 0.2) is 0 Å². The number of carbonyl (C=O) groups excluding carboxylic acids is 2. The summed E-state index contributed by atoms with van der Waals surface area (Å²) in [5, 5.41) is 14.6. The second kappa shape index (κ2) is 8.29. The summed E-state index contributed by atoms with van der Waals surface area (Å²) >= 11 is 0. The number of carboxylic acid groups (broad SMARTS) is 1. The van der Waals surface area contributed by atoms with Crippen LogP contribution in [-0.4, -0.2) is 22.9 Å². The van der Waals surface area contributed by atoms with E-state index in [1.807, 2.05) is 13.8 Å². The van der Waals surface area contributed by atoms with E-state index in [-0.39, 0.29) is 23.1 Å². The first kappa shape index (κ1) is 19.2. The van der Waals surface area contributed by atoms with Crippen LogP contribution in [0, 0.1) is 12.8 Å². The highest BCUT2D eigenvalue weighted by molar-refractivity contribution is 6.08. The van der Waals surface area contributed by atoms with Gasteiger partial charge in [0.05, 0.1) is 11.3 Å². The maximum Gasteiger partial charge on any atom is 0.337 e. The summed E-state index contributed by atoms with van der Waals surface area (Å²) in [4.78, 5) is 35.5. The molecule has 26 heavy (non-hydrogen) atoms. The smallest absolute Gasteiger partial charge is 0.337 e. The van der Waals surface area contributed by atoms with Gasteiger partial charge in [-0.1, -0.05) is 26.0 Å². The van der Waals surface area contributed by atoms with Gasteiger partial charge >= 0.3 is 5.97 Å². The first-order valence-electron chi connectivity index (χ1n) is 8.32. The molecule has 0 aromatic heterocycles. The van der Waals surface area contributed by atoms with E-state index in [4.69, 9.17) is 0 Å². The van der Waals surface area contributed by atoms with Crippen molar-refractivity contribution in [1.82, 2.24) is 0 Å². The van der Waals surface area contributed by atoms with Crippen molar-refractivity contribution in [2.45, 2.75) is 27.2 Å². The number of aryl methyl sites for hydroxylation is 1. The molecule has 0 aliphatic rings. The maximum absolute atomic E-state index is 12.4. The van der Waals surface area contributed by atoms with Gasteiger partial charge < -0.3 is 15.7 Å². The second-order valence-electron chi connectivity index (χ2n) is 6.48. The van der Waals surface area contributed by atoms with Crippen molar-refractivity contribution in [3.8, 4) is 0 Å². The van der Waals surface area contributed by atoms with Crippen LogP contribution < -0.4 is 10.6 Å². The molecular weight excluding hydrogens is 332 g/mol. The number of amides is 2. The summed E-state index contributed by atoms with van der Waals surface area (Å²) in [6.45, 7) is 5.73. The van der Waals surface area contributed by atoms with Crippen molar-refractivity contribution < 1.29 is 19.5 Å². The molecular formula is C20H22N2O4. The summed E-state index contributed by atoms with van der Waals surface area (Å²) in [5.74, 6) is -1.34. The van der Waals surface area contributed by atoms with Gasteiger partial charge in [-0.3, -0.25) is 9.59 Å². The summed E-state index contributed by atoms with van der Waals surface area (Å²) in [6.07, 6.45) is 0.424. The SMILES string of the molecule is Cc1cc(C(=O)Nc2ccccc2C(=O)O)ccc1NC(=O)CC(C)C. The van der Waals surface area contributed by atoms with E-state index in [2.05, 4.69) is 10.6 Å². The molecule has 0 fully saturated rings. The lowest BCUT2D eigenvalue weighted by Gasteiger charge is -2.12. The predicted molar refractivity (Wildman–Crippen MR) is 101 cm³/mol. The number of hydrogen-bond donors (Lipinski definition) is 3. The van der Waals surface area contributed by atoms with E-state index in [9.17, 15) is 19.5 Å². The van der Waals surface area contributed by atoms with Crippen LogP contribution in [0.2, 0.25) is 0 Å². The minimum absolute atomic E-state index is 0.0233. The monoisotopic (exact) mass is 354 g/mol. The van der Waals surface area contributed by atoms with Crippen LogP contribution in [0.25, 0.3) is 0 Å². The molecule has 0 saturated carbocycles. The molecule has 0 saturated heterocycles. The molecule has 0 unspecified atom stereocenters. The van der Waals surface area contributed by atoms with Crippen molar-refractivity contribution in [3.05, 3.63) is 59.2 Å². The number of rotatable bonds is 6. The Morgan fingerprint density at radius 1 is 1.00 bits per heavy atom. The van der Waals surface area contributed by atoms with E-state index in [1.54, 1.807) is 37.3 Å². The van der Waals surface area contributed by atoms with Gasteiger partial charge in [-0.15, -0.1) is 0 Å². The molecule has 136 valence electrons. The molecule has 0 heterocycles. The Bertz CT molecular complexity index is 843. The van der Waals surface area contributed by atoms with E-state index >= 15 is 0 Å². The average Bonchev–Trinajstić information content (AvgIpc) is 2.56. The average molecular weight is 354 g/mol. The van der Waals surface area contributed by atoms with Crippen LogP contribution in [0.15, 0.2) is 42.5 Å². The molecule has 0 aliphatic carbocycles. The minimum Gasteiger partial charge on any atom is -0.478 e. The van der Waals surface area contributed by atoms with Crippen molar-refractivity contribution in [3.63, 3.8) is 0 Å². The Kier molecular flexibility index (Phi) is 6.11. The number of aromatic carboxylic acids is 1. The van der Waals surface area contributed by atoms with E-state index in [0.717, 1.165) is 5.56 Å². The molecule has 0 bridgehead atoms. The normalized spacial score (nSPS) is 10.5. The van der Waals surface area contributed by atoms with Gasteiger partial charge in [-0.2, -0.15) is 0 Å². The van der Waals surface area contributed by atoms with Gasteiger partial charge in [-0.05, 0) is 48.7 Å². The molecule has 2 rings (SSSR count). The Balaban J connectivity index is 2.15. The lowest BCUT2D eigenvalue weighted by atomic mass is 10.1. The highest BCUT2D eigenvalue weighted by Crippen LogP contribution is 2.20. The molecule has 0 aliphatic heterocycles. The fraction of sp³-hybridized carbons (Fsp3) is 0.250. The highest BCUT2D eigenvalue weighted by Gasteiger charge is 2.14. The standard InChI is InChI=1S/C20H22N2O4/c1-12(2)10-18(23)21-16-9-8-14(11-13(16)3)19(24)22-17-7-5-4-6-15(17)20(25)26/h4-9,11-12H,10H2,1-3H3,(H,21,23)(H,22,24)(H,25,26). The van der Waals surface area contributed by atoms with Crippen molar-refractivity contribution >= 4 is 29.2 Å². The molecule has 6 heteroatoms. The van der Waals surface area contributed by atoms with Gasteiger partial charge in [0.1, 0.15) is 0 Å². The number of anilines is 2. The number of nitrogens with one attached hydrogen (secondary N) is 2. The lowest BCUT2D eigenvalue weighted by molar-refractivity contribution is -0.116. The molecule has 2 aromatic carbocycles. The third-order valence-electron chi connectivity index (χ3n) is 3.76. The van der Waals surface area contributed by atoms with Gasteiger partial charge in [0.2, 0.25) is 5.91 Å². The van der Waals surface area contributed by atoms with Crippen LogP contribution >= 0.6 is 0 Å². The first-order valence-corrected chi connectivity index (χ1v) is 8.32. The largest absolute Gasteiger partial charge is 0.478 e. The van der Waals surface area contributed by atoms with E-state index in [1.165, 1.54) is 12.1 Å². The summed E-state index contributed by atoms with van der Waals surface area (Å²) in [7, 11) is 0. The van der Waals surface area contributed by atoms with Crippen LogP contribution in [0.3, 0.4) is 0 Å². The summed E-state index contributed by atoms with van der Waals surface area (Å²) < 4.78 is 0. The number of para-hydroxylation sites is 1. The Hall–Kier alpha value is -3.15. The minimum atomic E-state index is -1.11. The van der Waals surface area contributed by atoms with Gasteiger partial charge in [0.25, 0.3) is 5.91 Å². The fourth-order valence-corrected chi connectivity index (χ4v) is 2.49. The maximum atomic E-state index is 12.4. The zero-order chi connectivity index (χ0) is 19.3. The Morgan fingerprint density at radius 3 is 2.31 bits per heavy atom. The molecule has 2 aromatic rings. The molecule has 0 radical (unpaired) electrons. The van der Waals surface area contributed by atoms with Gasteiger partial charge in [0, 0.05) is 17.7 Å². The van der Waals surface area contributed by atoms with Crippen LogP contribution in [0.5, 0.6) is 0 Å². The fourth-order valence-electron chi connectivity index (χ4n) is 2.49. The van der Waals surface area contributed by atoms with Gasteiger partial charge in [-0.25, -0.2) is 4.79 Å². The number of carboxylic acids is 1. The van der Waals surface area contributed by atoms with Crippen molar-refractivity contribution in [2.24, 2.45) is 5.92 Å². The predicted octanol–water partition coefficient (Wildman–Crippen LogP) is 3.93. The Labute approximate surface area is 152 Å². The van der Waals surface area contributed by atoms with Crippen LogP contribution in [0.1, 0.15) is 46.5 Å². The molecule has 2 amide bonds. The number of benzene rings is 2. The number of hydrogen-bond acceptors (Lipinski definition) is 3. The topological polar surface area (TPSA) is 95.5 Å². The Morgan fingerprint density at radius 2 is 1.69 bits per heavy atom. The third-order valence-corrected chi connectivity index (χ3v) is 3.76. The van der Waals surface area contributed by atoms with Crippen molar-refractivity contribution in [1.29, 1.82) is 0 Å². The zero-order valence-electron chi connectivity index (χ0n) is 15.0. The quantitative estimate of drug-likeness (QED) is 0.732. The lowest BCUT2D eigenvalue weighted by Crippen LogP contribution is -2.16. The second-order valence-corrected chi connectivity index (χ2v) is 6.48. The van der Waals surface area contributed by atoms with Crippen LogP contribution in [-0.2, 0) is 4.79 Å². The first-order chi connectivity index (χ1) is 12.3. The highest BCUT2D eigenvalue weighted by atomic mass is 16.4. The molecule has 6 nitrogen and oxygen atoms in total. The molecule has 0 atom stereocenters. The van der Waals surface area contributed by atoms with Crippen molar-refractivity contribution in [2.75, 3.05) is 10.6 Å². The molecule has 0 spiro atoms. The van der Waals surface area contributed by atoms with Crippen LogP contribution in [0.4, 0.5) is 11.4 Å². The number of carbonyl (C=O) groups is 3. The third kappa shape index (κ3) is 4.92. The molecule has 3 N–H and O–H groups in total. The van der Waals surface area contributed by atoms with E-state index < -0.39 is 11.9 Å². The van der Waals surface area contributed by atoms with E-state index in [0.29, 0.717) is 17.7 Å². The zero-order valence-corrected chi connectivity index (χ0v) is 15.0.